The third kappa shape index (κ3) is 2.11. The van der Waals surface area contributed by atoms with E-state index in [0.29, 0.717) is 16.7 Å². The van der Waals surface area contributed by atoms with Crippen molar-refractivity contribution in [2.24, 2.45) is 0 Å². The van der Waals surface area contributed by atoms with Gasteiger partial charge in [-0.05, 0) is 12.1 Å². The first kappa shape index (κ1) is 12.6. The molecule has 2 aromatic carbocycles. The molecule has 4 rings (SSSR count). The maximum Gasteiger partial charge on any atom is 0.347 e. The lowest BCUT2D eigenvalue weighted by Gasteiger charge is -1.99. The third-order valence-corrected chi connectivity index (χ3v) is 3.51. The van der Waals surface area contributed by atoms with Gasteiger partial charge in [-0.15, -0.1) is 0 Å². The van der Waals surface area contributed by atoms with E-state index in [1.165, 1.54) is 0 Å². The molecule has 0 atom stereocenters. The van der Waals surface area contributed by atoms with Crippen molar-refractivity contribution in [3.8, 4) is 17.0 Å². The lowest BCUT2D eigenvalue weighted by molar-refractivity contribution is 0.534. The van der Waals surface area contributed by atoms with Crippen molar-refractivity contribution in [2.75, 3.05) is 0 Å². The molecule has 0 N–H and O–H groups in total. The summed E-state index contributed by atoms with van der Waals surface area (Å²) in [6.45, 7) is 0. The molecule has 0 aliphatic heterocycles. The van der Waals surface area contributed by atoms with Crippen LogP contribution in [-0.4, -0.2) is 9.78 Å². The SMILES string of the molecule is O=c1oc(-c2ccccc2)cc2nn(-c3ccccc3)cc12. The average Bonchev–Trinajstić information content (AvgIpc) is 3.01. The molecule has 0 radical (unpaired) electrons. The van der Waals surface area contributed by atoms with Crippen molar-refractivity contribution >= 4 is 10.9 Å². The van der Waals surface area contributed by atoms with Crippen molar-refractivity contribution in [3.05, 3.63) is 83.3 Å². The van der Waals surface area contributed by atoms with Crippen LogP contribution < -0.4 is 5.63 Å². The molecule has 0 aliphatic rings. The molecule has 4 nitrogen and oxygen atoms in total. The third-order valence-electron chi connectivity index (χ3n) is 3.51. The zero-order valence-corrected chi connectivity index (χ0v) is 11.6. The minimum absolute atomic E-state index is 0.376. The molecule has 2 heterocycles. The van der Waals surface area contributed by atoms with E-state index in [-0.39, 0.29) is 5.63 Å². The van der Waals surface area contributed by atoms with Crippen LogP contribution in [0.2, 0.25) is 0 Å². The zero-order valence-electron chi connectivity index (χ0n) is 11.6. The highest BCUT2D eigenvalue weighted by molar-refractivity contribution is 5.80. The Balaban J connectivity index is 1.91. The van der Waals surface area contributed by atoms with Crippen molar-refractivity contribution in [1.82, 2.24) is 9.78 Å². The molecule has 4 aromatic rings. The Labute approximate surface area is 126 Å². The summed E-state index contributed by atoms with van der Waals surface area (Å²) < 4.78 is 7.11. The van der Waals surface area contributed by atoms with Crippen LogP contribution in [-0.2, 0) is 0 Å². The number of benzene rings is 2. The van der Waals surface area contributed by atoms with E-state index in [4.69, 9.17) is 4.42 Å². The highest BCUT2D eigenvalue weighted by Crippen LogP contribution is 2.21. The Morgan fingerprint density at radius 2 is 1.59 bits per heavy atom. The summed E-state index contributed by atoms with van der Waals surface area (Å²) in [5.74, 6) is 0.524. The Bertz CT molecular complexity index is 986. The Hall–Kier alpha value is -3.14. The number of aromatic nitrogens is 2. The summed E-state index contributed by atoms with van der Waals surface area (Å²) in [7, 11) is 0. The van der Waals surface area contributed by atoms with E-state index >= 15 is 0 Å². The fourth-order valence-corrected chi connectivity index (χ4v) is 2.42. The van der Waals surface area contributed by atoms with Gasteiger partial charge in [0.15, 0.2) is 0 Å². The number of rotatable bonds is 2. The average molecular weight is 288 g/mol. The standard InChI is InChI=1S/C18H12N2O2/c21-18-15-12-20(14-9-5-2-6-10-14)19-16(15)11-17(22-18)13-7-3-1-4-8-13/h1-12H. The molecule has 0 saturated heterocycles. The van der Waals surface area contributed by atoms with E-state index in [1.807, 2.05) is 60.7 Å². The van der Waals surface area contributed by atoms with E-state index in [9.17, 15) is 4.79 Å². The zero-order chi connectivity index (χ0) is 14.9. The van der Waals surface area contributed by atoms with Crippen molar-refractivity contribution in [1.29, 1.82) is 0 Å². The van der Waals surface area contributed by atoms with Crippen LogP contribution in [0.15, 0.2) is 82.1 Å². The van der Waals surface area contributed by atoms with Gasteiger partial charge in [-0.25, -0.2) is 9.48 Å². The Morgan fingerprint density at radius 3 is 2.32 bits per heavy atom. The van der Waals surface area contributed by atoms with Gasteiger partial charge in [-0.2, -0.15) is 5.10 Å². The van der Waals surface area contributed by atoms with Crippen LogP contribution in [0.25, 0.3) is 27.9 Å². The predicted octanol–water partition coefficient (Wildman–Crippen LogP) is 3.65. The molecular weight excluding hydrogens is 276 g/mol. The van der Waals surface area contributed by atoms with Crippen LogP contribution in [0.5, 0.6) is 0 Å². The number of para-hydroxylation sites is 1. The first-order valence-electron chi connectivity index (χ1n) is 6.96. The lowest BCUT2D eigenvalue weighted by atomic mass is 10.1. The molecule has 0 unspecified atom stereocenters. The second-order valence-electron chi connectivity index (χ2n) is 4.97. The van der Waals surface area contributed by atoms with Gasteiger partial charge in [-0.3, -0.25) is 0 Å². The van der Waals surface area contributed by atoms with E-state index in [2.05, 4.69) is 5.10 Å². The molecule has 2 aromatic heterocycles. The van der Waals surface area contributed by atoms with Crippen molar-refractivity contribution < 1.29 is 4.42 Å². The normalized spacial score (nSPS) is 10.9. The Kier molecular flexibility index (Phi) is 2.86. The summed E-state index contributed by atoms with van der Waals surface area (Å²) >= 11 is 0. The maximum atomic E-state index is 12.2. The van der Waals surface area contributed by atoms with E-state index in [1.54, 1.807) is 16.9 Å². The summed E-state index contributed by atoms with van der Waals surface area (Å²) in [6, 6.07) is 21.0. The van der Waals surface area contributed by atoms with Crippen LogP contribution in [0, 0.1) is 0 Å². The molecule has 0 fully saturated rings. The molecule has 106 valence electrons. The number of hydrogen-bond acceptors (Lipinski definition) is 3. The molecule has 0 amide bonds. The van der Waals surface area contributed by atoms with Crippen LogP contribution >= 0.6 is 0 Å². The van der Waals surface area contributed by atoms with Gasteiger partial charge in [0.1, 0.15) is 16.7 Å². The minimum Gasteiger partial charge on any atom is -0.422 e. The van der Waals surface area contributed by atoms with Crippen LogP contribution in [0.4, 0.5) is 0 Å². The first-order chi connectivity index (χ1) is 10.8. The fraction of sp³-hybridized carbons (Fsp3) is 0. The molecule has 0 saturated carbocycles. The Morgan fingerprint density at radius 1 is 0.909 bits per heavy atom. The topological polar surface area (TPSA) is 48.0 Å². The maximum absolute atomic E-state index is 12.2. The number of nitrogens with zero attached hydrogens (tertiary/aromatic N) is 2. The first-order valence-corrected chi connectivity index (χ1v) is 6.96. The van der Waals surface area contributed by atoms with Crippen molar-refractivity contribution in [3.63, 3.8) is 0 Å². The lowest BCUT2D eigenvalue weighted by Crippen LogP contribution is -1.98. The molecule has 0 aliphatic carbocycles. The monoisotopic (exact) mass is 288 g/mol. The molecule has 22 heavy (non-hydrogen) atoms. The minimum atomic E-state index is -0.376. The summed E-state index contributed by atoms with van der Waals surface area (Å²) in [4.78, 5) is 12.2. The van der Waals surface area contributed by atoms with Gasteiger partial charge in [0.05, 0.1) is 5.69 Å². The smallest absolute Gasteiger partial charge is 0.347 e. The van der Waals surface area contributed by atoms with Gasteiger partial charge in [0.2, 0.25) is 0 Å². The quantitative estimate of drug-likeness (QED) is 0.565. The molecule has 0 bridgehead atoms. The van der Waals surface area contributed by atoms with Gasteiger partial charge in [0, 0.05) is 17.8 Å². The van der Waals surface area contributed by atoms with Gasteiger partial charge >= 0.3 is 5.63 Å². The molecular formula is C18H12N2O2. The highest BCUT2D eigenvalue weighted by atomic mass is 16.4. The van der Waals surface area contributed by atoms with Gasteiger partial charge in [0.25, 0.3) is 0 Å². The van der Waals surface area contributed by atoms with Crippen LogP contribution in [0.3, 0.4) is 0 Å². The summed E-state index contributed by atoms with van der Waals surface area (Å²) in [6.07, 6.45) is 1.70. The number of fused-ring (bicyclic) bond motifs is 1. The fourth-order valence-electron chi connectivity index (χ4n) is 2.42. The molecule has 4 heteroatoms. The van der Waals surface area contributed by atoms with Crippen molar-refractivity contribution in [2.45, 2.75) is 0 Å². The van der Waals surface area contributed by atoms with Gasteiger partial charge in [-0.1, -0.05) is 48.5 Å². The second-order valence-corrected chi connectivity index (χ2v) is 4.97. The van der Waals surface area contributed by atoms with Crippen LogP contribution in [0.1, 0.15) is 0 Å². The largest absolute Gasteiger partial charge is 0.422 e. The highest BCUT2D eigenvalue weighted by Gasteiger charge is 2.11. The van der Waals surface area contributed by atoms with Gasteiger partial charge < -0.3 is 4.42 Å². The summed E-state index contributed by atoms with van der Waals surface area (Å²) in [5.41, 5.74) is 2.01. The van der Waals surface area contributed by atoms with E-state index < -0.39 is 0 Å². The molecule has 0 spiro atoms. The predicted molar refractivity (Wildman–Crippen MR) is 85.0 cm³/mol. The number of hydrogen-bond donors (Lipinski definition) is 0. The van der Waals surface area contributed by atoms with E-state index in [0.717, 1.165) is 11.3 Å². The summed E-state index contributed by atoms with van der Waals surface area (Å²) in [5, 5.41) is 4.96. The second kappa shape index (κ2) is 5.00.